The Balaban J connectivity index is 2.93. The molecule has 1 aromatic rings. The molecule has 0 aliphatic carbocycles. The summed E-state index contributed by atoms with van der Waals surface area (Å²) in [6.45, 7) is 0. The quantitative estimate of drug-likeness (QED) is 0.506. The minimum Gasteiger partial charge on any atom is -0.301 e. The van der Waals surface area contributed by atoms with Crippen molar-refractivity contribution in [3.8, 4) is 0 Å². The van der Waals surface area contributed by atoms with Crippen molar-refractivity contribution < 1.29 is 26.3 Å². The maximum atomic E-state index is 13.1. The fourth-order valence-electron chi connectivity index (χ4n) is 0.812. The summed E-state index contributed by atoms with van der Waals surface area (Å²) in [5.41, 5.74) is 0. The molecule has 1 rings (SSSR count). The Labute approximate surface area is 109 Å². The standard InChI is InChI=1S/C8H5BrF4O2S2/c9-5-1-3-6(4-2-5)16-7(10,11)8(12,13)17(14)15/h1-4H,(H,14,15). The van der Waals surface area contributed by atoms with Crippen LogP contribution >= 0.6 is 27.7 Å². The van der Waals surface area contributed by atoms with Gasteiger partial charge in [-0.1, -0.05) is 15.9 Å². The van der Waals surface area contributed by atoms with Gasteiger partial charge in [0.1, 0.15) is 0 Å². The molecule has 0 aliphatic rings. The van der Waals surface area contributed by atoms with Crippen LogP contribution in [0, 0.1) is 0 Å². The molecule has 0 spiro atoms. The normalized spacial score (nSPS) is 14.7. The molecule has 0 saturated carbocycles. The first-order valence-electron chi connectivity index (χ1n) is 3.98. The second kappa shape index (κ2) is 5.25. The van der Waals surface area contributed by atoms with Crippen LogP contribution in [0.15, 0.2) is 33.6 Å². The first kappa shape index (κ1) is 14.9. The topological polar surface area (TPSA) is 37.3 Å². The summed E-state index contributed by atoms with van der Waals surface area (Å²) in [7, 11) is 0. The molecule has 0 amide bonds. The number of benzene rings is 1. The van der Waals surface area contributed by atoms with E-state index in [-0.39, 0.29) is 4.90 Å². The SMILES string of the molecule is O=S(O)C(F)(F)C(F)(F)Sc1ccc(Br)cc1. The number of alkyl halides is 4. The zero-order valence-corrected chi connectivity index (χ0v) is 11.1. The van der Waals surface area contributed by atoms with Crippen LogP contribution in [-0.4, -0.2) is 19.3 Å². The van der Waals surface area contributed by atoms with Crippen molar-refractivity contribution >= 4 is 38.8 Å². The Morgan fingerprint density at radius 3 is 2.06 bits per heavy atom. The molecule has 9 heteroatoms. The van der Waals surface area contributed by atoms with Crippen LogP contribution in [0.2, 0.25) is 0 Å². The minimum atomic E-state index is -5.01. The molecule has 1 N–H and O–H groups in total. The third kappa shape index (κ3) is 3.43. The molecule has 2 nitrogen and oxygen atoms in total. The number of thioether (sulfide) groups is 1. The highest BCUT2D eigenvalue weighted by atomic mass is 79.9. The van der Waals surface area contributed by atoms with E-state index in [2.05, 4.69) is 15.9 Å². The third-order valence-corrected chi connectivity index (χ3v) is 3.99. The van der Waals surface area contributed by atoms with E-state index in [1.807, 2.05) is 0 Å². The summed E-state index contributed by atoms with van der Waals surface area (Å²) in [5, 5.41) is -9.68. The Bertz CT molecular complexity index is 424. The van der Waals surface area contributed by atoms with Crippen LogP contribution in [0.4, 0.5) is 17.6 Å². The van der Waals surface area contributed by atoms with Gasteiger partial charge >= 0.3 is 10.5 Å². The molecule has 17 heavy (non-hydrogen) atoms. The van der Waals surface area contributed by atoms with Gasteiger partial charge in [0.2, 0.25) is 11.1 Å². The Kier molecular flexibility index (Phi) is 4.61. The van der Waals surface area contributed by atoms with Gasteiger partial charge in [0.15, 0.2) is 0 Å². The van der Waals surface area contributed by atoms with Crippen LogP contribution < -0.4 is 0 Å². The molecule has 96 valence electrons. The summed E-state index contributed by atoms with van der Waals surface area (Å²) >= 11 is -1.35. The van der Waals surface area contributed by atoms with Crippen molar-refractivity contribution in [2.45, 2.75) is 15.4 Å². The lowest BCUT2D eigenvalue weighted by atomic mass is 10.4. The molecule has 0 heterocycles. The van der Waals surface area contributed by atoms with Gasteiger partial charge in [0.25, 0.3) is 0 Å². The average Bonchev–Trinajstić information content (AvgIpc) is 2.20. The van der Waals surface area contributed by atoms with E-state index in [1.165, 1.54) is 24.3 Å². The van der Waals surface area contributed by atoms with Gasteiger partial charge < -0.3 is 4.55 Å². The number of hydrogen-bond donors (Lipinski definition) is 1. The van der Waals surface area contributed by atoms with Crippen molar-refractivity contribution in [2.24, 2.45) is 0 Å². The highest BCUT2D eigenvalue weighted by Crippen LogP contribution is 2.48. The maximum absolute atomic E-state index is 13.1. The van der Waals surface area contributed by atoms with E-state index >= 15 is 0 Å². The minimum absolute atomic E-state index is 0.136. The number of halogens is 5. The lowest BCUT2D eigenvalue weighted by Gasteiger charge is -2.22. The molecule has 1 aromatic carbocycles. The average molecular weight is 353 g/mol. The molecule has 0 bridgehead atoms. The Morgan fingerprint density at radius 1 is 1.18 bits per heavy atom. The summed E-state index contributed by atoms with van der Waals surface area (Å²) in [6.07, 6.45) is 0. The second-order valence-electron chi connectivity index (χ2n) is 2.84. The molecule has 0 radical (unpaired) electrons. The number of rotatable bonds is 4. The van der Waals surface area contributed by atoms with Crippen molar-refractivity contribution in [1.29, 1.82) is 0 Å². The molecular weight excluding hydrogens is 348 g/mol. The first-order chi connectivity index (χ1) is 7.67. The van der Waals surface area contributed by atoms with E-state index in [9.17, 15) is 21.8 Å². The highest BCUT2D eigenvalue weighted by molar-refractivity contribution is 9.10. The van der Waals surface area contributed by atoms with Gasteiger partial charge in [-0.2, -0.15) is 17.6 Å². The molecule has 0 aromatic heterocycles. The van der Waals surface area contributed by atoms with Crippen LogP contribution in [-0.2, 0) is 11.1 Å². The third-order valence-electron chi connectivity index (χ3n) is 1.62. The van der Waals surface area contributed by atoms with Crippen molar-refractivity contribution in [3.05, 3.63) is 28.7 Å². The van der Waals surface area contributed by atoms with Crippen LogP contribution in [0.1, 0.15) is 0 Å². The van der Waals surface area contributed by atoms with Crippen molar-refractivity contribution in [2.75, 3.05) is 0 Å². The number of hydrogen-bond acceptors (Lipinski definition) is 2. The largest absolute Gasteiger partial charge is 0.416 e. The summed E-state index contributed by atoms with van der Waals surface area (Å²) in [6, 6.07) is 5.18. The Morgan fingerprint density at radius 2 is 1.65 bits per heavy atom. The zero-order valence-electron chi connectivity index (χ0n) is 7.87. The monoisotopic (exact) mass is 352 g/mol. The fraction of sp³-hybridized carbons (Fsp3) is 0.250. The van der Waals surface area contributed by atoms with Crippen molar-refractivity contribution in [3.63, 3.8) is 0 Å². The van der Waals surface area contributed by atoms with Crippen LogP contribution in [0.3, 0.4) is 0 Å². The summed E-state index contributed by atoms with van der Waals surface area (Å²) in [4.78, 5) is -0.136. The Hall–Kier alpha value is -0.120. The second-order valence-corrected chi connectivity index (χ2v) is 5.95. The molecule has 1 atom stereocenters. The lowest BCUT2D eigenvalue weighted by molar-refractivity contribution is -0.0907. The van der Waals surface area contributed by atoms with Gasteiger partial charge in [-0.05, 0) is 36.0 Å². The zero-order chi connectivity index (χ0) is 13.3. The van der Waals surface area contributed by atoms with Crippen LogP contribution in [0.5, 0.6) is 0 Å². The smallest absolute Gasteiger partial charge is 0.301 e. The van der Waals surface area contributed by atoms with E-state index < -0.39 is 33.4 Å². The predicted octanol–water partition coefficient (Wildman–Crippen LogP) is 3.95. The molecule has 1 unspecified atom stereocenters. The van der Waals surface area contributed by atoms with E-state index in [1.54, 1.807) is 0 Å². The lowest BCUT2D eigenvalue weighted by Crippen LogP contribution is -2.41. The van der Waals surface area contributed by atoms with Gasteiger partial charge in [0, 0.05) is 9.37 Å². The molecular formula is C8H5BrF4O2S2. The van der Waals surface area contributed by atoms with Gasteiger partial charge in [0.05, 0.1) is 0 Å². The van der Waals surface area contributed by atoms with Crippen molar-refractivity contribution in [1.82, 2.24) is 0 Å². The fourth-order valence-corrected chi connectivity index (χ4v) is 2.31. The summed E-state index contributed by atoms with van der Waals surface area (Å²) in [5.74, 6) is 0. The predicted molar refractivity (Wildman–Crippen MR) is 60.7 cm³/mol. The van der Waals surface area contributed by atoms with Gasteiger partial charge in [-0.3, -0.25) is 0 Å². The molecule has 0 saturated heterocycles. The van der Waals surface area contributed by atoms with E-state index in [4.69, 9.17) is 4.55 Å². The van der Waals surface area contributed by atoms with Gasteiger partial charge in [-0.15, -0.1) is 0 Å². The van der Waals surface area contributed by atoms with Crippen LogP contribution in [0.25, 0.3) is 0 Å². The summed E-state index contributed by atoms with van der Waals surface area (Å²) < 4.78 is 70.6. The molecule has 0 fully saturated rings. The highest BCUT2D eigenvalue weighted by Gasteiger charge is 2.62. The molecule has 0 aliphatic heterocycles. The van der Waals surface area contributed by atoms with E-state index in [0.29, 0.717) is 4.47 Å². The maximum Gasteiger partial charge on any atom is 0.416 e. The first-order valence-corrected chi connectivity index (χ1v) is 6.69. The van der Waals surface area contributed by atoms with Gasteiger partial charge in [-0.25, -0.2) is 4.21 Å². The van der Waals surface area contributed by atoms with E-state index in [0.717, 1.165) is 0 Å².